The van der Waals surface area contributed by atoms with Gasteiger partial charge in [0.05, 0.1) is 11.7 Å². The summed E-state index contributed by atoms with van der Waals surface area (Å²) in [6.45, 7) is 6.09. The topological polar surface area (TPSA) is 44.6 Å². The first-order chi connectivity index (χ1) is 13.3. The molecule has 5 rings (SSSR count). The zero-order valence-electron chi connectivity index (χ0n) is 16.4. The van der Waals surface area contributed by atoms with Crippen LogP contribution < -0.4 is 0 Å². The van der Waals surface area contributed by atoms with Gasteiger partial charge in [-0.25, -0.2) is 0 Å². The second kappa shape index (κ2) is 7.64. The highest BCUT2D eigenvalue weighted by Crippen LogP contribution is 2.31. The van der Waals surface area contributed by atoms with Crippen molar-refractivity contribution in [3.05, 3.63) is 17.5 Å². The van der Waals surface area contributed by atoms with E-state index in [0.29, 0.717) is 6.04 Å². The maximum absolute atomic E-state index is 12.0. The molecule has 148 valence electrons. The van der Waals surface area contributed by atoms with E-state index in [4.69, 9.17) is 5.10 Å². The van der Waals surface area contributed by atoms with E-state index in [-0.39, 0.29) is 6.17 Å². The molecule has 1 aromatic rings. The molecule has 1 aromatic heterocycles. The second-order valence-electron chi connectivity index (χ2n) is 8.95. The number of carbonyl (C=O) groups is 1. The summed E-state index contributed by atoms with van der Waals surface area (Å²) >= 11 is 0. The van der Waals surface area contributed by atoms with Gasteiger partial charge in [0.1, 0.15) is 6.17 Å². The van der Waals surface area contributed by atoms with Crippen LogP contribution in [0.3, 0.4) is 0 Å². The maximum atomic E-state index is 12.0. The molecule has 0 amide bonds. The Morgan fingerprint density at radius 1 is 0.926 bits per heavy atom. The van der Waals surface area contributed by atoms with Gasteiger partial charge in [-0.1, -0.05) is 19.3 Å². The van der Waals surface area contributed by atoms with Gasteiger partial charge in [-0.3, -0.25) is 19.4 Å². The Hall–Kier alpha value is -1.24. The number of hydrogen-bond acceptors (Lipinski definition) is 5. The average molecular weight is 372 g/mol. The SMILES string of the molecule is O=CC(N1CCN(C2CCC2)CC1)N1CCc2nn(C3CCCC3)cc2C1. The van der Waals surface area contributed by atoms with Crippen LogP contribution in [0.2, 0.25) is 0 Å². The van der Waals surface area contributed by atoms with E-state index in [1.165, 1.54) is 62.5 Å². The fraction of sp³-hybridized carbons (Fsp3) is 0.810. The van der Waals surface area contributed by atoms with E-state index in [1.807, 2.05) is 0 Å². The Balaban J connectivity index is 1.22. The fourth-order valence-corrected chi connectivity index (χ4v) is 5.46. The highest BCUT2D eigenvalue weighted by molar-refractivity contribution is 5.57. The van der Waals surface area contributed by atoms with Gasteiger partial charge in [0, 0.05) is 63.5 Å². The predicted octanol–water partition coefficient (Wildman–Crippen LogP) is 2.05. The van der Waals surface area contributed by atoms with Crippen LogP contribution in [-0.4, -0.2) is 75.7 Å². The van der Waals surface area contributed by atoms with Crippen LogP contribution in [0.25, 0.3) is 0 Å². The van der Waals surface area contributed by atoms with Crippen molar-refractivity contribution in [2.45, 2.75) is 76.2 Å². The third-order valence-corrected chi connectivity index (χ3v) is 7.41. The minimum Gasteiger partial charge on any atom is -0.300 e. The van der Waals surface area contributed by atoms with Gasteiger partial charge in [0.2, 0.25) is 0 Å². The van der Waals surface area contributed by atoms with Gasteiger partial charge in [-0.15, -0.1) is 0 Å². The number of aldehydes is 1. The van der Waals surface area contributed by atoms with Crippen LogP contribution in [-0.2, 0) is 17.8 Å². The largest absolute Gasteiger partial charge is 0.300 e. The molecule has 4 aliphatic rings. The van der Waals surface area contributed by atoms with E-state index in [9.17, 15) is 4.79 Å². The lowest BCUT2D eigenvalue weighted by Gasteiger charge is -2.46. The Morgan fingerprint density at radius 3 is 2.33 bits per heavy atom. The van der Waals surface area contributed by atoms with E-state index in [0.717, 1.165) is 51.7 Å². The number of aromatic nitrogens is 2. The van der Waals surface area contributed by atoms with E-state index in [1.54, 1.807) is 0 Å². The van der Waals surface area contributed by atoms with Gasteiger partial charge >= 0.3 is 0 Å². The molecule has 3 fully saturated rings. The van der Waals surface area contributed by atoms with Crippen LogP contribution in [0.5, 0.6) is 0 Å². The van der Waals surface area contributed by atoms with Gasteiger partial charge in [0.15, 0.2) is 6.29 Å². The van der Waals surface area contributed by atoms with Crippen molar-refractivity contribution in [2.75, 3.05) is 32.7 Å². The standard InChI is InChI=1S/C21H33N5O/c27-16-21(24-12-10-23(11-13-24)18-6-3-7-18)25-9-8-20-17(14-25)15-26(22-20)19-4-1-2-5-19/h15-16,18-19,21H,1-14H2. The molecule has 6 nitrogen and oxygen atoms in total. The van der Waals surface area contributed by atoms with Crippen molar-refractivity contribution < 1.29 is 4.79 Å². The molecule has 1 unspecified atom stereocenters. The average Bonchev–Trinajstić information content (AvgIpc) is 3.31. The second-order valence-corrected chi connectivity index (χ2v) is 8.95. The van der Waals surface area contributed by atoms with Gasteiger partial charge in [0.25, 0.3) is 0 Å². The molecular formula is C21H33N5O. The van der Waals surface area contributed by atoms with Crippen LogP contribution >= 0.6 is 0 Å². The molecule has 0 aromatic carbocycles. The Bertz CT molecular complexity index is 656. The first-order valence-electron chi connectivity index (χ1n) is 11.1. The summed E-state index contributed by atoms with van der Waals surface area (Å²) < 4.78 is 2.23. The molecule has 0 bridgehead atoms. The molecule has 3 heterocycles. The smallest absolute Gasteiger partial charge is 0.151 e. The molecule has 2 aliphatic carbocycles. The zero-order chi connectivity index (χ0) is 18.2. The number of hydrogen-bond donors (Lipinski definition) is 0. The summed E-state index contributed by atoms with van der Waals surface area (Å²) in [5.74, 6) is 0. The zero-order valence-corrected chi connectivity index (χ0v) is 16.4. The van der Waals surface area contributed by atoms with Crippen molar-refractivity contribution in [3.63, 3.8) is 0 Å². The lowest BCUT2D eigenvalue weighted by atomic mass is 9.91. The molecule has 2 saturated carbocycles. The van der Waals surface area contributed by atoms with Crippen molar-refractivity contribution in [3.8, 4) is 0 Å². The third-order valence-electron chi connectivity index (χ3n) is 7.41. The third kappa shape index (κ3) is 3.47. The van der Waals surface area contributed by atoms with Crippen molar-refractivity contribution >= 4 is 6.29 Å². The van der Waals surface area contributed by atoms with E-state index >= 15 is 0 Å². The molecule has 6 heteroatoms. The van der Waals surface area contributed by atoms with Crippen molar-refractivity contribution in [1.29, 1.82) is 0 Å². The highest BCUT2D eigenvalue weighted by atomic mass is 16.1. The highest BCUT2D eigenvalue weighted by Gasteiger charge is 2.34. The predicted molar refractivity (Wildman–Crippen MR) is 104 cm³/mol. The number of fused-ring (bicyclic) bond motifs is 1. The number of nitrogens with zero attached hydrogens (tertiary/aromatic N) is 5. The normalized spacial score (nSPS) is 27.4. The Kier molecular flexibility index (Phi) is 5.05. The first kappa shape index (κ1) is 17.8. The summed E-state index contributed by atoms with van der Waals surface area (Å²) in [5.41, 5.74) is 2.60. The summed E-state index contributed by atoms with van der Waals surface area (Å²) in [7, 11) is 0. The molecule has 2 aliphatic heterocycles. The molecule has 1 saturated heterocycles. The molecule has 0 N–H and O–H groups in total. The van der Waals surface area contributed by atoms with E-state index < -0.39 is 0 Å². The van der Waals surface area contributed by atoms with Gasteiger partial charge in [-0.05, 0) is 25.7 Å². The molecule has 1 atom stereocenters. The van der Waals surface area contributed by atoms with Crippen LogP contribution in [0, 0.1) is 0 Å². The number of rotatable bonds is 5. The van der Waals surface area contributed by atoms with Crippen LogP contribution in [0.4, 0.5) is 0 Å². The van der Waals surface area contributed by atoms with Crippen molar-refractivity contribution in [1.82, 2.24) is 24.5 Å². The van der Waals surface area contributed by atoms with Gasteiger partial charge in [-0.2, -0.15) is 5.10 Å². The molecular weight excluding hydrogens is 338 g/mol. The summed E-state index contributed by atoms with van der Waals surface area (Å²) in [4.78, 5) is 19.4. The monoisotopic (exact) mass is 371 g/mol. The summed E-state index contributed by atoms with van der Waals surface area (Å²) in [6.07, 6.45) is 13.7. The fourth-order valence-electron chi connectivity index (χ4n) is 5.46. The quantitative estimate of drug-likeness (QED) is 0.742. The summed E-state index contributed by atoms with van der Waals surface area (Å²) in [5, 5.41) is 4.89. The number of carbonyl (C=O) groups excluding carboxylic acids is 1. The van der Waals surface area contributed by atoms with Crippen LogP contribution in [0.15, 0.2) is 6.20 Å². The minimum absolute atomic E-state index is 0.0727. The molecule has 0 spiro atoms. The Labute approximate surface area is 162 Å². The lowest BCUT2D eigenvalue weighted by Crippen LogP contribution is -2.59. The van der Waals surface area contributed by atoms with Gasteiger partial charge < -0.3 is 4.79 Å². The van der Waals surface area contributed by atoms with Crippen molar-refractivity contribution in [2.24, 2.45) is 0 Å². The molecule has 27 heavy (non-hydrogen) atoms. The van der Waals surface area contributed by atoms with Crippen LogP contribution in [0.1, 0.15) is 62.2 Å². The summed E-state index contributed by atoms with van der Waals surface area (Å²) in [6, 6.07) is 1.42. The number of piperazine rings is 1. The first-order valence-corrected chi connectivity index (χ1v) is 11.1. The minimum atomic E-state index is -0.0727. The Morgan fingerprint density at radius 2 is 1.67 bits per heavy atom. The maximum Gasteiger partial charge on any atom is 0.151 e. The molecule has 0 radical (unpaired) electrons. The van der Waals surface area contributed by atoms with E-state index in [2.05, 4.69) is 25.6 Å². The lowest BCUT2D eigenvalue weighted by molar-refractivity contribution is -0.121.